The van der Waals surface area contributed by atoms with E-state index in [-0.39, 0.29) is 0 Å². The molecular weight excluding hydrogens is 252 g/mol. The molecule has 0 saturated carbocycles. The number of nitrogens with two attached hydrogens (primary N) is 1. The molecule has 1 aromatic carbocycles. The SMILES string of the molecule is Nc1ccc2c(NCCCn3ccnn3)ccnc2c1. The summed E-state index contributed by atoms with van der Waals surface area (Å²) < 4.78 is 1.83. The van der Waals surface area contributed by atoms with Crippen molar-refractivity contribution < 1.29 is 0 Å². The van der Waals surface area contributed by atoms with E-state index in [0.717, 1.165) is 41.8 Å². The number of hydrogen-bond donors (Lipinski definition) is 2. The summed E-state index contributed by atoms with van der Waals surface area (Å²) in [6.45, 7) is 1.71. The Morgan fingerprint density at radius 1 is 1.20 bits per heavy atom. The molecule has 0 fully saturated rings. The molecule has 2 heterocycles. The largest absolute Gasteiger partial charge is 0.399 e. The number of fused-ring (bicyclic) bond motifs is 1. The average molecular weight is 268 g/mol. The van der Waals surface area contributed by atoms with Crippen molar-refractivity contribution in [1.29, 1.82) is 0 Å². The predicted octanol–water partition coefficient (Wildman–Crippen LogP) is 1.91. The van der Waals surface area contributed by atoms with Crippen LogP contribution in [0, 0.1) is 0 Å². The van der Waals surface area contributed by atoms with Gasteiger partial charge in [-0.1, -0.05) is 5.21 Å². The summed E-state index contributed by atoms with van der Waals surface area (Å²) in [5.41, 5.74) is 8.49. The summed E-state index contributed by atoms with van der Waals surface area (Å²) in [6, 6.07) is 7.76. The summed E-state index contributed by atoms with van der Waals surface area (Å²) in [7, 11) is 0. The maximum Gasteiger partial charge on any atom is 0.0743 e. The molecule has 20 heavy (non-hydrogen) atoms. The van der Waals surface area contributed by atoms with Crippen LogP contribution in [0.4, 0.5) is 11.4 Å². The van der Waals surface area contributed by atoms with Crippen LogP contribution in [-0.2, 0) is 6.54 Å². The van der Waals surface area contributed by atoms with Crippen molar-refractivity contribution >= 4 is 22.3 Å². The van der Waals surface area contributed by atoms with Crippen LogP contribution in [0.2, 0.25) is 0 Å². The minimum atomic E-state index is 0.730. The zero-order chi connectivity index (χ0) is 13.8. The van der Waals surface area contributed by atoms with Crippen molar-refractivity contribution in [2.75, 3.05) is 17.6 Å². The highest BCUT2D eigenvalue weighted by Crippen LogP contribution is 2.23. The zero-order valence-corrected chi connectivity index (χ0v) is 11.0. The maximum atomic E-state index is 5.77. The van der Waals surface area contributed by atoms with E-state index in [2.05, 4.69) is 20.6 Å². The van der Waals surface area contributed by atoms with Gasteiger partial charge in [-0.2, -0.15) is 0 Å². The lowest BCUT2D eigenvalue weighted by Crippen LogP contribution is -2.07. The molecular formula is C14H16N6. The molecule has 0 unspecified atom stereocenters. The van der Waals surface area contributed by atoms with E-state index in [9.17, 15) is 0 Å². The van der Waals surface area contributed by atoms with E-state index in [1.165, 1.54) is 0 Å². The number of rotatable bonds is 5. The van der Waals surface area contributed by atoms with Crippen LogP contribution in [0.1, 0.15) is 6.42 Å². The Balaban J connectivity index is 1.65. The van der Waals surface area contributed by atoms with Gasteiger partial charge in [0.1, 0.15) is 0 Å². The minimum absolute atomic E-state index is 0.730. The number of benzene rings is 1. The molecule has 102 valence electrons. The number of aryl methyl sites for hydroxylation is 1. The Bertz CT molecular complexity index is 692. The highest BCUT2D eigenvalue weighted by Gasteiger charge is 2.01. The third-order valence-corrected chi connectivity index (χ3v) is 3.12. The topological polar surface area (TPSA) is 81.6 Å². The van der Waals surface area contributed by atoms with Gasteiger partial charge in [0.25, 0.3) is 0 Å². The first-order chi connectivity index (χ1) is 9.83. The van der Waals surface area contributed by atoms with Gasteiger partial charge in [-0.3, -0.25) is 9.67 Å². The van der Waals surface area contributed by atoms with Gasteiger partial charge in [-0.05, 0) is 30.7 Å². The number of pyridine rings is 1. The first kappa shape index (κ1) is 12.4. The summed E-state index contributed by atoms with van der Waals surface area (Å²) in [6.07, 6.45) is 6.32. The quantitative estimate of drug-likeness (QED) is 0.545. The molecule has 3 N–H and O–H groups in total. The van der Waals surface area contributed by atoms with Crippen molar-refractivity contribution in [2.24, 2.45) is 0 Å². The smallest absolute Gasteiger partial charge is 0.0743 e. The Morgan fingerprint density at radius 3 is 3.00 bits per heavy atom. The van der Waals surface area contributed by atoms with Crippen molar-refractivity contribution in [3.05, 3.63) is 42.9 Å². The van der Waals surface area contributed by atoms with Gasteiger partial charge >= 0.3 is 0 Å². The number of nitrogens with zero attached hydrogens (tertiary/aromatic N) is 4. The van der Waals surface area contributed by atoms with E-state index in [1.54, 1.807) is 12.4 Å². The number of nitrogen functional groups attached to an aromatic ring is 1. The van der Waals surface area contributed by atoms with Crippen LogP contribution in [0.5, 0.6) is 0 Å². The van der Waals surface area contributed by atoms with E-state index in [4.69, 9.17) is 5.73 Å². The van der Waals surface area contributed by atoms with E-state index < -0.39 is 0 Å². The summed E-state index contributed by atoms with van der Waals surface area (Å²) in [5, 5.41) is 12.2. The molecule has 0 aliphatic carbocycles. The Hall–Kier alpha value is -2.63. The molecule has 0 radical (unpaired) electrons. The van der Waals surface area contributed by atoms with Crippen molar-refractivity contribution in [3.8, 4) is 0 Å². The van der Waals surface area contributed by atoms with E-state index in [1.807, 2.05) is 35.1 Å². The van der Waals surface area contributed by atoms with Crippen LogP contribution < -0.4 is 11.1 Å². The monoisotopic (exact) mass is 268 g/mol. The highest BCUT2D eigenvalue weighted by molar-refractivity contribution is 5.92. The fourth-order valence-electron chi connectivity index (χ4n) is 2.14. The lowest BCUT2D eigenvalue weighted by molar-refractivity contribution is 0.570. The third kappa shape index (κ3) is 2.69. The zero-order valence-electron chi connectivity index (χ0n) is 11.0. The van der Waals surface area contributed by atoms with E-state index in [0.29, 0.717) is 0 Å². The maximum absolute atomic E-state index is 5.77. The summed E-state index contributed by atoms with van der Waals surface area (Å²) >= 11 is 0. The number of aromatic nitrogens is 4. The summed E-state index contributed by atoms with van der Waals surface area (Å²) in [4.78, 5) is 4.33. The molecule has 0 spiro atoms. The van der Waals surface area contributed by atoms with Gasteiger partial charge in [0.15, 0.2) is 0 Å². The van der Waals surface area contributed by atoms with Crippen LogP contribution in [0.3, 0.4) is 0 Å². The Morgan fingerprint density at radius 2 is 2.15 bits per heavy atom. The van der Waals surface area contributed by atoms with Gasteiger partial charge in [0.2, 0.25) is 0 Å². The first-order valence-electron chi connectivity index (χ1n) is 6.55. The molecule has 3 rings (SSSR count). The fraction of sp³-hybridized carbons (Fsp3) is 0.214. The Labute approximate surface area is 116 Å². The molecule has 0 aliphatic heterocycles. The van der Waals surface area contributed by atoms with Gasteiger partial charge in [0.05, 0.1) is 11.7 Å². The van der Waals surface area contributed by atoms with Crippen LogP contribution >= 0.6 is 0 Å². The van der Waals surface area contributed by atoms with Crippen LogP contribution in [-0.4, -0.2) is 26.5 Å². The van der Waals surface area contributed by atoms with Gasteiger partial charge in [-0.25, -0.2) is 0 Å². The average Bonchev–Trinajstić information content (AvgIpc) is 2.96. The Kier molecular flexibility index (Phi) is 3.45. The van der Waals surface area contributed by atoms with Gasteiger partial charge in [0, 0.05) is 42.2 Å². The second-order valence-electron chi connectivity index (χ2n) is 4.58. The molecule has 2 aromatic heterocycles. The van der Waals surface area contributed by atoms with E-state index >= 15 is 0 Å². The normalized spacial score (nSPS) is 10.8. The number of hydrogen-bond acceptors (Lipinski definition) is 5. The molecule has 0 amide bonds. The molecule has 0 aliphatic rings. The van der Waals surface area contributed by atoms with Crippen molar-refractivity contribution in [3.63, 3.8) is 0 Å². The lowest BCUT2D eigenvalue weighted by Gasteiger charge is -2.09. The molecule has 0 saturated heterocycles. The molecule has 6 heteroatoms. The first-order valence-corrected chi connectivity index (χ1v) is 6.55. The molecule has 0 atom stereocenters. The van der Waals surface area contributed by atoms with Gasteiger partial charge < -0.3 is 11.1 Å². The minimum Gasteiger partial charge on any atom is -0.399 e. The summed E-state index contributed by atoms with van der Waals surface area (Å²) in [5.74, 6) is 0. The predicted molar refractivity (Wildman–Crippen MR) is 79.3 cm³/mol. The highest BCUT2D eigenvalue weighted by atomic mass is 15.4. The van der Waals surface area contributed by atoms with Gasteiger partial charge in [-0.15, -0.1) is 5.10 Å². The molecule has 0 bridgehead atoms. The molecule has 3 aromatic rings. The molecule has 6 nitrogen and oxygen atoms in total. The second-order valence-corrected chi connectivity index (χ2v) is 4.58. The lowest BCUT2D eigenvalue weighted by atomic mass is 10.1. The van der Waals surface area contributed by atoms with Crippen molar-refractivity contribution in [1.82, 2.24) is 20.0 Å². The standard InChI is InChI=1S/C14H16N6/c15-11-2-3-12-13(4-6-17-14(12)10-11)16-5-1-8-20-9-7-18-19-20/h2-4,6-7,9-10H,1,5,8,15H2,(H,16,17). The van der Waals surface area contributed by atoms with Crippen LogP contribution in [0.15, 0.2) is 42.9 Å². The second kappa shape index (κ2) is 5.56. The van der Waals surface area contributed by atoms with Crippen LogP contribution in [0.25, 0.3) is 10.9 Å². The fourth-order valence-corrected chi connectivity index (χ4v) is 2.14. The number of nitrogens with one attached hydrogen (secondary N) is 1. The number of anilines is 2. The third-order valence-electron chi connectivity index (χ3n) is 3.12. The van der Waals surface area contributed by atoms with Crippen molar-refractivity contribution in [2.45, 2.75) is 13.0 Å².